The summed E-state index contributed by atoms with van der Waals surface area (Å²) >= 11 is 0. The van der Waals surface area contributed by atoms with Crippen LogP contribution in [0.4, 0.5) is 5.69 Å². The van der Waals surface area contributed by atoms with Crippen molar-refractivity contribution in [3.05, 3.63) is 59.7 Å². The highest BCUT2D eigenvalue weighted by Crippen LogP contribution is 2.43. The molecule has 4 rings (SSSR count). The summed E-state index contributed by atoms with van der Waals surface area (Å²) in [5.74, 6) is 1.11. The minimum absolute atomic E-state index is 0.209. The van der Waals surface area contributed by atoms with Gasteiger partial charge in [-0.05, 0) is 48.6 Å². The highest BCUT2D eigenvalue weighted by Gasteiger charge is 2.41. The molecule has 4 heteroatoms. The second-order valence-corrected chi connectivity index (χ2v) is 7.41. The first-order valence-corrected chi connectivity index (χ1v) is 9.44. The van der Waals surface area contributed by atoms with Gasteiger partial charge in [0.1, 0.15) is 5.75 Å². The Hall–Kier alpha value is -2.49. The number of carbonyl (C=O) groups excluding carboxylic acids is 1. The Bertz CT molecular complexity index is 794. The number of carbonyl (C=O) groups is 1. The molecule has 0 aliphatic carbocycles. The van der Waals surface area contributed by atoms with Gasteiger partial charge in [0.15, 0.2) is 0 Å². The first-order chi connectivity index (χ1) is 12.7. The molecular weight excluding hydrogens is 324 g/mol. The molecule has 2 aromatic carbocycles. The molecule has 1 saturated heterocycles. The molecule has 0 saturated carbocycles. The number of nitrogens with zero attached hydrogens (tertiary/aromatic N) is 1. The molecule has 2 heterocycles. The van der Waals surface area contributed by atoms with E-state index in [2.05, 4.69) is 35.6 Å². The highest BCUT2D eigenvalue weighted by atomic mass is 16.5. The lowest BCUT2D eigenvalue weighted by molar-refractivity contribution is -0.132. The topological polar surface area (TPSA) is 41.6 Å². The number of fused-ring (bicyclic) bond motifs is 2. The molecule has 2 aliphatic rings. The zero-order chi connectivity index (χ0) is 18.0. The fraction of sp³-hybridized carbons (Fsp3) is 0.409. The third-order valence-corrected chi connectivity index (χ3v) is 5.95. The summed E-state index contributed by atoms with van der Waals surface area (Å²) in [6, 6.07) is 16.6. The van der Waals surface area contributed by atoms with Crippen molar-refractivity contribution in [2.24, 2.45) is 0 Å². The number of para-hydroxylation sites is 1. The summed E-state index contributed by atoms with van der Waals surface area (Å²) in [6.07, 6.45) is 3.42. The molecule has 4 nitrogen and oxygen atoms in total. The van der Waals surface area contributed by atoms with Crippen LogP contribution in [0.3, 0.4) is 0 Å². The Morgan fingerprint density at radius 2 is 1.96 bits per heavy atom. The van der Waals surface area contributed by atoms with E-state index in [-0.39, 0.29) is 11.3 Å². The van der Waals surface area contributed by atoms with Crippen LogP contribution in [0, 0.1) is 0 Å². The van der Waals surface area contributed by atoms with Gasteiger partial charge in [0.2, 0.25) is 5.91 Å². The van der Waals surface area contributed by atoms with Crippen LogP contribution in [0.25, 0.3) is 0 Å². The van der Waals surface area contributed by atoms with E-state index < -0.39 is 0 Å². The summed E-state index contributed by atoms with van der Waals surface area (Å²) in [5.41, 5.74) is 4.06. The number of likely N-dealkylation sites (tertiary alicyclic amines) is 1. The van der Waals surface area contributed by atoms with E-state index >= 15 is 0 Å². The number of amides is 1. The molecule has 26 heavy (non-hydrogen) atoms. The van der Waals surface area contributed by atoms with E-state index in [4.69, 9.17) is 4.74 Å². The lowest BCUT2D eigenvalue weighted by Gasteiger charge is -2.39. The van der Waals surface area contributed by atoms with Gasteiger partial charge in [0.05, 0.1) is 7.11 Å². The van der Waals surface area contributed by atoms with Crippen LogP contribution in [0.1, 0.15) is 30.4 Å². The third kappa shape index (κ3) is 3.16. The molecule has 1 amide bonds. The number of aryl methyl sites for hydroxylation is 1. The molecule has 0 radical (unpaired) electrons. The molecule has 1 spiro atoms. The minimum atomic E-state index is 0.209. The van der Waals surface area contributed by atoms with Crippen molar-refractivity contribution in [2.75, 3.05) is 32.1 Å². The number of nitrogens with one attached hydrogen (secondary N) is 1. The predicted octanol–water partition coefficient (Wildman–Crippen LogP) is 3.61. The third-order valence-electron chi connectivity index (χ3n) is 5.95. The molecule has 2 aliphatic heterocycles. The van der Waals surface area contributed by atoms with Crippen LogP contribution in [-0.4, -0.2) is 37.6 Å². The number of hydrogen-bond acceptors (Lipinski definition) is 3. The smallest absolute Gasteiger partial charge is 0.222 e. The normalized spacial score (nSPS) is 17.7. The van der Waals surface area contributed by atoms with Gasteiger partial charge in [-0.25, -0.2) is 0 Å². The number of anilines is 1. The van der Waals surface area contributed by atoms with Gasteiger partial charge < -0.3 is 15.0 Å². The average Bonchev–Trinajstić information content (AvgIpc) is 3.05. The van der Waals surface area contributed by atoms with Crippen molar-refractivity contribution >= 4 is 11.6 Å². The number of rotatable bonds is 4. The second-order valence-electron chi connectivity index (χ2n) is 7.41. The van der Waals surface area contributed by atoms with Crippen LogP contribution in [-0.2, 0) is 16.6 Å². The minimum Gasteiger partial charge on any atom is -0.497 e. The number of hydrogen-bond donors (Lipinski definition) is 1. The summed E-state index contributed by atoms with van der Waals surface area (Å²) < 4.78 is 5.26. The van der Waals surface area contributed by atoms with Gasteiger partial charge >= 0.3 is 0 Å². The standard InChI is InChI=1S/C22H26N2O2/c1-26-18-6-4-5-17(15-18)9-10-21(25)24-13-11-22(12-14-24)16-23-20-8-3-2-7-19(20)22/h2-8,15,23H,9-14,16H2,1H3. The van der Waals surface area contributed by atoms with Crippen LogP contribution in [0.2, 0.25) is 0 Å². The van der Waals surface area contributed by atoms with Crippen LogP contribution < -0.4 is 10.1 Å². The van der Waals surface area contributed by atoms with E-state index in [9.17, 15) is 4.79 Å². The Morgan fingerprint density at radius 1 is 1.15 bits per heavy atom. The van der Waals surface area contributed by atoms with E-state index in [1.54, 1.807) is 7.11 Å². The van der Waals surface area contributed by atoms with Gasteiger partial charge in [0.25, 0.3) is 0 Å². The maximum atomic E-state index is 12.7. The first-order valence-electron chi connectivity index (χ1n) is 9.44. The largest absolute Gasteiger partial charge is 0.497 e. The summed E-state index contributed by atoms with van der Waals surface area (Å²) in [7, 11) is 1.67. The molecular formula is C22H26N2O2. The lowest BCUT2D eigenvalue weighted by atomic mass is 9.74. The van der Waals surface area contributed by atoms with Gasteiger partial charge in [0, 0.05) is 37.2 Å². The fourth-order valence-corrected chi connectivity index (χ4v) is 4.33. The van der Waals surface area contributed by atoms with E-state index in [0.29, 0.717) is 6.42 Å². The van der Waals surface area contributed by atoms with Gasteiger partial charge in [-0.15, -0.1) is 0 Å². The molecule has 0 aromatic heterocycles. The van der Waals surface area contributed by atoms with Crippen LogP contribution in [0.5, 0.6) is 5.75 Å². The molecule has 0 atom stereocenters. The number of methoxy groups -OCH3 is 1. The molecule has 2 aromatic rings. The van der Waals surface area contributed by atoms with Crippen molar-refractivity contribution in [1.29, 1.82) is 0 Å². The van der Waals surface area contributed by atoms with Gasteiger partial charge in [-0.1, -0.05) is 30.3 Å². The number of benzene rings is 2. The SMILES string of the molecule is COc1cccc(CCC(=O)N2CCC3(CC2)CNc2ccccc23)c1. The Labute approximate surface area is 155 Å². The molecule has 0 unspecified atom stereocenters. The fourth-order valence-electron chi connectivity index (χ4n) is 4.33. The van der Waals surface area contributed by atoms with Crippen molar-refractivity contribution in [2.45, 2.75) is 31.1 Å². The monoisotopic (exact) mass is 350 g/mol. The van der Waals surface area contributed by atoms with Crippen molar-refractivity contribution in [1.82, 2.24) is 4.90 Å². The zero-order valence-corrected chi connectivity index (χ0v) is 15.3. The summed E-state index contributed by atoms with van der Waals surface area (Å²) in [4.78, 5) is 14.7. The average molecular weight is 350 g/mol. The van der Waals surface area contributed by atoms with Crippen molar-refractivity contribution in [3.8, 4) is 5.75 Å². The van der Waals surface area contributed by atoms with Gasteiger partial charge in [-0.3, -0.25) is 4.79 Å². The lowest BCUT2D eigenvalue weighted by Crippen LogP contribution is -2.46. The van der Waals surface area contributed by atoms with Gasteiger partial charge in [-0.2, -0.15) is 0 Å². The van der Waals surface area contributed by atoms with Crippen LogP contribution >= 0.6 is 0 Å². The predicted molar refractivity (Wildman–Crippen MR) is 104 cm³/mol. The van der Waals surface area contributed by atoms with E-state index in [0.717, 1.165) is 50.2 Å². The molecule has 136 valence electrons. The highest BCUT2D eigenvalue weighted by molar-refractivity contribution is 5.76. The maximum absolute atomic E-state index is 12.7. The quantitative estimate of drug-likeness (QED) is 0.916. The summed E-state index contributed by atoms with van der Waals surface area (Å²) in [6.45, 7) is 2.71. The molecule has 1 N–H and O–H groups in total. The Morgan fingerprint density at radius 3 is 2.77 bits per heavy atom. The first kappa shape index (κ1) is 17.0. The van der Waals surface area contributed by atoms with Crippen molar-refractivity contribution in [3.63, 3.8) is 0 Å². The van der Waals surface area contributed by atoms with E-state index in [1.807, 2.05) is 23.1 Å². The Kier molecular flexibility index (Phi) is 4.58. The molecule has 1 fully saturated rings. The van der Waals surface area contributed by atoms with E-state index in [1.165, 1.54) is 11.3 Å². The zero-order valence-electron chi connectivity index (χ0n) is 15.3. The summed E-state index contributed by atoms with van der Waals surface area (Å²) in [5, 5.41) is 3.55. The number of ether oxygens (including phenoxy) is 1. The molecule has 0 bridgehead atoms. The van der Waals surface area contributed by atoms with Crippen LogP contribution in [0.15, 0.2) is 48.5 Å². The Balaban J connectivity index is 1.34. The maximum Gasteiger partial charge on any atom is 0.222 e. The number of piperidine rings is 1. The second kappa shape index (κ2) is 7.02. The van der Waals surface area contributed by atoms with Crippen molar-refractivity contribution < 1.29 is 9.53 Å².